The number of ether oxygens (including phenoxy) is 1. The lowest BCUT2D eigenvalue weighted by atomic mass is 10.4. The van der Waals surface area contributed by atoms with E-state index >= 15 is 0 Å². The molecule has 0 bridgehead atoms. The molecular formula is C11H20N4O4S. The summed E-state index contributed by atoms with van der Waals surface area (Å²) in [5.41, 5.74) is 1.02. The first kappa shape index (κ1) is 16.6. The summed E-state index contributed by atoms with van der Waals surface area (Å²) in [5, 5.41) is 4.06. The first-order valence-electron chi connectivity index (χ1n) is 6.12. The lowest BCUT2D eigenvalue weighted by Gasteiger charge is -2.17. The molecule has 1 N–H and O–H groups in total. The summed E-state index contributed by atoms with van der Waals surface area (Å²) in [7, 11) is -0.922. The third-order valence-corrected chi connectivity index (χ3v) is 4.23. The summed E-state index contributed by atoms with van der Waals surface area (Å²) in [4.78, 5) is 11.0. The Balaban J connectivity index is 2.38. The fraction of sp³-hybridized carbons (Fsp3) is 0.636. The molecule has 0 saturated carbocycles. The topological polar surface area (TPSA) is 93.5 Å². The Labute approximate surface area is 118 Å². The molecular weight excluding hydrogens is 284 g/mol. The van der Waals surface area contributed by atoms with Crippen LogP contribution < -0.4 is 4.72 Å². The molecule has 1 aromatic rings. The van der Waals surface area contributed by atoms with Gasteiger partial charge in [0.15, 0.2) is 0 Å². The van der Waals surface area contributed by atoms with Crippen LogP contribution in [-0.2, 0) is 26.3 Å². The van der Waals surface area contributed by atoms with Gasteiger partial charge in [0.25, 0.3) is 10.2 Å². The third kappa shape index (κ3) is 5.27. The van der Waals surface area contributed by atoms with Gasteiger partial charge in [-0.05, 0) is 12.5 Å². The predicted octanol–water partition coefficient (Wildman–Crippen LogP) is -0.479. The van der Waals surface area contributed by atoms with Crippen LogP contribution in [0.3, 0.4) is 0 Å². The highest BCUT2D eigenvalue weighted by Gasteiger charge is 2.17. The summed E-state index contributed by atoms with van der Waals surface area (Å²) in [6.07, 6.45) is 3.55. The lowest BCUT2D eigenvalue weighted by molar-refractivity contribution is -0.140. The summed E-state index contributed by atoms with van der Waals surface area (Å²) < 4.78 is 33.4. The molecule has 0 radical (unpaired) electrons. The van der Waals surface area contributed by atoms with Crippen molar-refractivity contribution < 1.29 is 17.9 Å². The zero-order chi connectivity index (χ0) is 15.2. The van der Waals surface area contributed by atoms with Gasteiger partial charge in [0.1, 0.15) is 0 Å². The molecule has 1 rings (SSSR count). The van der Waals surface area contributed by atoms with Crippen LogP contribution in [0.15, 0.2) is 12.4 Å². The van der Waals surface area contributed by atoms with Gasteiger partial charge >= 0.3 is 5.97 Å². The van der Waals surface area contributed by atoms with Crippen LogP contribution in [0.4, 0.5) is 0 Å². The number of nitrogens with one attached hydrogen (secondary N) is 1. The number of nitrogens with zero attached hydrogens (tertiary/aromatic N) is 3. The molecule has 20 heavy (non-hydrogen) atoms. The maximum absolute atomic E-state index is 11.9. The van der Waals surface area contributed by atoms with Crippen molar-refractivity contribution in [3.8, 4) is 0 Å². The van der Waals surface area contributed by atoms with Gasteiger partial charge in [0.2, 0.25) is 0 Å². The molecule has 0 spiro atoms. The lowest BCUT2D eigenvalue weighted by Crippen LogP contribution is -2.40. The Kier molecular flexibility index (Phi) is 6.11. The highest BCUT2D eigenvalue weighted by atomic mass is 32.2. The minimum atomic E-state index is -3.59. The van der Waals surface area contributed by atoms with Crippen LogP contribution in [0.2, 0.25) is 0 Å². The van der Waals surface area contributed by atoms with Crippen LogP contribution in [0.25, 0.3) is 0 Å². The molecule has 0 saturated heterocycles. The molecule has 9 heteroatoms. The van der Waals surface area contributed by atoms with Crippen molar-refractivity contribution in [1.82, 2.24) is 18.8 Å². The van der Waals surface area contributed by atoms with E-state index in [-0.39, 0.29) is 19.5 Å². The number of methoxy groups -OCH3 is 1. The highest BCUT2D eigenvalue weighted by Crippen LogP contribution is 1.98. The molecule has 0 aliphatic heterocycles. The summed E-state index contributed by atoms with van der Waals surface area (Å²) in [6.45, 7) is 2.65. The smallest absolute Gasteiger partial charge is 0.306 e. The van der Waals surface area contributed by atoms with Crippen molar-refractivity contribution >= 4 is 16.2 Å². The fourth-order valence-corrected chi connectivity index (χ4v) is 2.36. The van der Waals surface area contributed by atoms with E-state index in [1.807, 2.05) is 13.1 Å². The number of esters is 1. The van der Waals surface area contributed by atoms with Crippen molar-refractivity contribution in [2.45, 2.75) is 19.9 Å². The fourth-order valence-electron chi connectivity index (χ4n) is 1.46. The number of rotatable bonds is 8. The van der Waals surface area contributed by atoms with Crippen molar-refractivity contribution in [3.63, 3.8) is 0 Å². The average molecular weight is 304 g/mol. The Morgan fingerprint density at radius 1 is 1.55 bits per heavy atom. The molecule has 8 nitrogen and oxygen atoms in total. The second kappa shape index (κ2) is 7.36. The normalized spacial score (nSPS) is 11.8. The minimum Gasteiger partial charge on any atom is -0.469 e. The first-order chi connectivity index (χ1) is 9.35. The van der Waals surface area contributed by atoms with Crippen LogP contribution in [-0.4, -0.2) is 55.7 Å². The Morgan fingerprint density at radius 3 is 2.80 bits per heavy atom. The van der Waals surface area contributed by atoms with E-state index in [4.69, 9.17) is 0 Å². The molecule has 0 atom stereocenters. The summed E-state index contributed by atoms with van der Waals surface area (Å²) in [6, 6.07) is 0. The van der Waals surface area contributed by atoms with Gasteiger partial charge in [-0.1, -0.05) is 0 Å². The molecule has 1 aromatic heterocycles. The number of aryl methyl sites for hydroxylation is 1. The second-order valence-corrected chi connectivity index (χ2v) is 6.19. The van der Waals surface area contributed by atoms with E-state index in [2.05, 4.69) is 14.6 Å². The van der Waals surface area contributed by atoms with Gasteiger partial charge in [0.05, 0.1) is 26.3 Å². The molecule has 0 fully saturated rings. The Bertz CT molecular complexity index is 540. The molecule has 0 unspecified atom stereocenters. The maximum Gasteiger partial charge on any atom is 0.306 e. The van der Waals surface area contributed by atoms with E-state index in [0.29, 0.717) is 6.54 Å². The molecule has 0 aliphatic rings. The third-order valence-electron chi connectivity index (χ3n) is 2.66. The van der Waals surface area contributed by atoms with E-state index in [1.165, 1.54) is 14.2 Å². The van der Waals surface area contributed by atoms with Crippen molar-refractivity contribution in [2.24, 2.45) is 0 Å². The predicted molar refractivity (Wildman–Crippen MR) is 73.1 cm³/mol. The number of aromatic nitrogens is 2. The minimum absolute atomic E-state index is 0.0201. The van der Waals surface area contributed by atoms with E-state index in [9.17, 15) is 13.2 Å². The molecule has 1 heterocycles. The number of hydrogen-bond acceptors (Lipinski definition) is 5. The number of carbonyl (C=O) groups is 1. The maximum atomic E-state index is 11.9. The largest absolute Gasteiger partial charge is 0.469 e. The SMILES string of the molecule is COC(=O)CCN(C)S(=O)(=O)NCCn1cc(C)cn1. The van der Waals surface area contributed by atoms with E-state index in [1.54, 1.807) is 10.9 Å². The number of carbonyl (C=O) groups excluding carboxylic acids is 1. The quantitative estimate of drug-likeness (QED) is 0.655. The second-order valence-electron chi connectivity index (χ2n) is 4.33. The number of hydrogen-bond donors (Lipinski definition) is 1. The van der Waals surface area contributed by atoms with Crippen LogP contribution >= 0.6 is 0 Å². The average Bonchev–Trinajstić information content (AvgIpc) is 2.80. The van der Waals surface area contributed by atoms with Gasteiger partial charge < -0.3 is 4.74 Å². The highest BCUT2D eigenvalue weighted by molar-refractivity contribution is 7.87. The Morgan fingerprint density at radius 2 is 2.25 bits per heavy atom. The van der Waals surface area contributed by atoms with Gasteiger partial charge in [0, 0.05) is 26.3 Å². The van der Waals surface area contributed by atoms with E-state index < -0.39 is 16.2 Å². The van der Waals surface area contributed by atoms with E-state index in [0.717, 1.165) is 9.87 Å². The van der Waals surface area contributed by atoms with Crippen molar-refractivity contribution in [1.29, 1.82) is 0 Å². The molecule has 114 valence electrons. The van der Waals surface area contributed by atoms with Crippen LogP contribution in [0.1, 0.15) is 12.0 Å². The standard InChI is InChI=1S/C11H20N4O4S/c1-10-8-12-15(9-10)7-5-13-20(17,18)14(2)6-4-11(16)19-3/h8-9,13H,4-7H2,1-3H3. The van der Waals surface area contributed by atoms with Crippen molar-refractivity contribution in [2.75, 3.05) is 27.2 Å². The van der Waals surface area contributed by atoms with Crippen molar-refractivity contribution in [3.05, 3.63) is 18.0 Å². The van der Waals surface area contributed by atoms with Gasteiger partial charge in [-0.25, -0.2) is 4.72 Å². The van der Waals surface area contributed by atoms with Crippen LogP contribution in [0.5, 0.6) is 0 Å². The van der Waals surface area contributed by atoms with Gasteiger partial charge in [-0.3, -0.25) is 9.48 Å². The molecule has 0 aromatic carbocycles. The Hall–Kier alpha value is -1.45. The molecule has 0 aliphatic carbocycles. The molecule has 0 amide bonds. The first-order valence-corrected chi connectivity index (χ1v) is 7.56. The van der Waals surface area contributed by atoms with Gasteiger partial charge in [-0.15, -0.1) is 0 Å². The summed E-state index contributed by atoms with van der Waals surface area (Å²) >= 11 is 0. The van der Waals surface area contributed by atoms with Gasteiger partial charge in [-0.2, -0.15) is 17.8 Å². The zero-order valence-corrected chi connectivity index (χ0v) is 12.7. The summed E-state index contributed by atoms with van der Waals surface area (Å²) in [5.74, 6) is -0.445. The monoisotopic (exact) mass is 304 g/mol. The van der Waals surface area contributed by atoms with Crippen LogP contribution in [0, 0.1) is 6.92 Å². The zero-order valence-electron chi connectivity index (χ0n) is 11.9.